The summed E-state index contributed by atoms with van der Waals surface area (Å²) in [6.07, 6.45) is 4.93. The molecule has 1 saturated heterocycles. The molecule has 1 aromatic heterocycles. The molecule has 1 fully saturated rings. The van der Waals surface area contributed by atoms with Gasteiger partial charge in [-0.05, 0) is 24.0 Å². The van der Waals surface area contributed by atoms with Gasteiger partial charge in [0.15, 0.2) is 0 Å². The van der Waals surface area contributed by atoms with Crippen LogP contribution in [0.1, 0.15) is 32.8 Å². The van der Waals surface area contributed by atoms with E-state index in [0.717, 1.165) is 44.8 Å². The van der Waals surface area contributed by atoms with Gasteiger partial charge in [0, 0.05) is 57.1 Å². The Balaban J connectivity index is 1.61. The van der Waals surface area contributed by atoms with Crippen LogP contribution in [-0.4, -0.2) is 63.5 Å². The molecule has 3 rings (SSSR count). The van der Waals surface area contributed by atoms with Crippen molar-refractivity contribution < 1.29 is 5.11 Å². The minimum atomic E-state index is 0.255. The van der Waals surface area contributed by atoms with E-state index in [2.05, 4.69) is 54.0 Å². The molecule has 0 amide bonds. The average Bonchev–Trinajstić information content (AvgIpc) is 3.06. The van der Waals surface area contributed by atoms with Gasteiger partial charge in [-0.2, -0.15) is 5.10 Å². The molecule has 0 spiro atoms. The minimum Gasteiger partial charge on any atom is -0.396 e. The molecule has 1 atom stereocenters. The number of nitrogens with zero attached hydrogens (tertiary/aromatic N) is 4. The van der Waals surface area contributed by atoms with Crippen LogP contribution in [0.15, 0.2) is 42.7 Å². The van der Waals surface area contributed by atoms with E-state index in [9.17, 15) is 5.11 Å². The summed E-state index contributed by atoms with van der Waals surface area (Å²) < 4.78 is 1.94. The van der Waals surface area contributed by atoms with Gasteiger partial charge in [0.2, 0.25) is 0 Å². The van der Waals surface area contributed by atoms with Crippen LogP contribution >= 0.6 is 0 Å². The fourth-order valence-corrected chi connectivity index (χ4v) is 3.76. The van der Waals surface area contributed by atoms with Gasteiger partial charge in [0.1, 0.15) is 0 Å². The van der Waals surface area contributed by atoms with Crippen molar-refractivity contribution in [2.45, 2.75) is 39.8 Å². The van der Waals surface area contributed by atoms with Crippen molar-refractivity contribution in [1.82, 2.24) is 19.6 Å². The highest BCUT2D eigenvalue weighted by Crippen LogP contribution is 2.22. The van der Waals surface area contributed by atoms with Gasteiger partial charge in [0.05, 0.1) is 11.9 Å². The van der Waals surface area contributed by atoms with E-state index >= 15 is 0 Å². The summed E-state index contributed by atoms with van der Waals surface area (Å²) in [5.74, 6) is 0. The molecule has 0 bridgehead atoms. The maximum absolute atomic E-state index is 9.48. The highest BCUT2D eigenvalue weighted by Gasteiger charge is 2.29. The van der Waals surface area contributed by atoms with Crippen molar-refractivity contribution in [1.29, 1.82) is 0 Å². The summed E-state index contributed by atoms with van der Waals surface area (Å²) in [7, 11) is 0. The molecule has 1 aliphatic rings. The molecule has 0 unspecified atom stereocenters. The first kappa shape index (κ1) is 19.1. The van der Waals surface area contributed by atoms with E-state index in [-0.39, 0.29) is 12.0 Å². The van der Waals surface area contributed by atoms with Crippen molar-refractivity contribution in [2.24, 2.45) is 5.41 Å². The van der Waals surface area contributed by atoms with E-state index in [1.165, 1.54) is 5.56 Å². The predicted octanol–water partition coefficient (Wildman–Crippen LogP) is 2.79. The summed E-state index contributed by atoms with van der Waals surface area (Å²) >= 11 is 0. The first-order chi connectivity index (χ1) is 12.4. The standard InChI is InChI=1S/C21H32N4O/c1-21(2,3)17-24-11-10-23(16-20(24)9-12-26)14-18-13-22-25(15-18)19-7-5-4-6-8-19/h4-8,13,15,20,26H,9-12,14,16-17H2,1-3H3/t20-/m0/s1. The van der Waals surface area contributed by atoms with Crippen LogP contribution in [0.5, 0.6) is 0 Å². The Bertz CT molecular complexity index is 677. The van der Waals surface area contributed by atoms with E-state index in [0.29, 0.717) is 6.04 Å². The molecule has 142 valence electrons. The summed E-state index contributed by atoms with van der Waals surface area (Å²) in [5.41, 5.74) is 2.61. The zero-order valence-electron chi connectivity index (χ0n) is 16.3. The predicted molar refractivity (Wildman–Crippen MR) is 105 cm³/mol. The normalized spacial score (nSPS) is 19.8. The van der Waals surface area contributed by atoms with E-state index in [1.807, 2.05) is 29.1 Å². The van der Waals surface area contributed by atoms with Crippen LogP contribution in [0.3, 0.4) is 0 Å². The molecule has 1 aromatic carbocycles. The number of piperazine rings is 1. The quantitative estimate of drug-likeness (QED) is 0.864. The van der Waals surface area contributed by atoms with Crippen LogP contribution in [-0.2, 0) is 6.54 Å². The van der Waals surface area contributed by atoms with Gasteiger partial charge < -0.3 is 5.11 Å². The Kier molecular flexibility index (Phi) is 6.12. The van der Waals surface area contributed by atoms with Crippen molar-refractivity contribution in [3.05, 3.63) is 48.3 Å². The first-order valence-corrected chi connectivity index (χ1v) is 9.61. The average molecular weight is 357 g/mol. The SMILES string of the molecule is CC(C)(C)CN1CCN(Cc2cnn(-c3ccccc3)c2)C[C@@H]1CCO. The van der Waals surface area contributed by atoms with Crippen LogP contribution in [0.2, 0.25) is 0 Å². The molecule has 0 radical (unpaired) electrons. The maximum Gasteiger partial charge on any atom is 0.0645 e. The van der Waals surface area contributed by atoms with Crippen LogP contribution in [0, 0.1) is 5.41 Å². The Hall–Kier alpha value is -1.69. The Labute approximate surface area is 157 Å². The monoisotopic (exact) mass is 356 g/mol. The molecular formula is C21H32N4O. The van der Waals surface area contributed by atoms with Crippen LogP contribution in [0.25, 0.3) is 5.69 Å². The van der Waals surface area contributed by atoms with Gasteiger partial charge in [-0.15, -0.1) is 0 Å². The highest BCUT2D eigenvalue weighted by molar-refractivity contribution is 5.30. The number of benzene rings is 1. The molecule has 2 aromatic rings. The van der Waals surface area contributed by atoms with Crippen LogP contribution in [0.4, 0.5) is 0 Å². The second-order valence-corrected chi connectivity index (χ2v) is 8.56. The van der Waals surface area contributed by atoms with Gasteiger partial charge in [0.25, 0.3) is 0 Å². The third-order valence-electron chi connectivity index (χ3n) is 4.89. The fourth-order valence-electron chi connectivity index (χ4n) is 3.76. The molecule has 2 heterocycles. The van der Waals surface area contributed by atoms with Gasteiger partial charge in [-0.3, -0.25) is 9.80 Å². The summed E-state index contributed by atoms with van der Waals surface area (Å²) in [4.78, 5) is 5.05. The summed E-state index contributed by atoms with van der Waals surface area (Å²) in [5, 5.41) is 14.0. The second kappa shape index (κ2) is 8.33. The molecule has 5 nitrogen and oxygen atoms in total. The zero-order chi connectivity index (χ0) is 18.6. The Morgan fingerprint density at radius 1 is 1.15 bits per heavy atom. The molecule has 26 heavy (non-hydrogen) atoms. The first-order valence-electron chi connectivity index (χ1n) is 9.61. The largest absolute Gasteiger partial charge is 0.396 e. The van der Waals surface area contributed by atoms with Crippen LogP contribution < -0.4 is 0 Å². The smallest absolute Gasteiger partial charge is 0.0645 e. The highest BCUT2D eigenvalue weighted by atomic mass is 16.3. The molecule has 0 aliphatic carbocycles. The van der Waals surface area contributed by atoms with Crippen molar-refractivity contribution >= 4 is 0 Å². The topological polar surface area (TPSA) is 44.5 Å². The maximum atomic E-state index is 9.48. The number of aliphatic hydroxyl groups is 1. The number of rotatable bonds is 6. The number of aromatic nitrogens is 2. The number of hydrogen-bond donors (Lipinski definition) is 1. The van der Waals surface area contributed by atoms with E-state index in [1.54, 1.807) is 0 Å². The Morgan fingerprint density at radius 2 is 1.92 bits per heavy atom. The van der Waals surface area contributed by atoms with Crippen molar-refractivity contribution in [3.63, 3.8) is 0 Å². The third-order valence-corrected chi connectivity index (χ3v) is 4.89. The van der Waals surface area contributed by atoms with Gasteiger partial charge in [-0.25, -0.2) is 4.68 Å². The van der Waals surface area contributed by atoms with Crippen molar-refractivity contribution in [3.8, 4) is 5.69 Å². The lowest BCUT2D eigenvalue weighted by molar-refractivity contribution is 0.0340. The number of aliphatic hydroxyl groups excluding tert-OH is 1. The lowest BCUT2D eigenvalue weighted by atomic mass is 9.94. The third kappa shape index (κ3) is 5.16. The second-order valence-electron chi connectivity index (χ2n) is 8.56. The summed E-state index contributed by atoms with van der Waals surface area (Å²) in [6.45, 7) is 12.2. The lowest BCUT2D eigenvalue weighted by Gasteiger charge is -2.43. The van der Waals surface area contributed by atoms with E-state index in [4.69, 9.17) is 0 Å². The number of para-hydroxylation sites is 1. The van der Waals surface area contributed by atoms with E-state index < -0.39 is 0 Å². The molecular weight excluding hydrogens is 324 g/mol. The van der Waals surface area contributed by atoms with Crippen molar-refractivity contribution in [2.75, 3.05) is 32.8 Å². The minimum absolute atomic E-state index is 0.255. The molecule has 0 saturated carbocycles. The number of hydrogen-bond acceptors (Lipinski definition) is 4. The molecule has 5 heteroatoms. The van der Waals surface area contributed by atoms with Gasteiger partial charge in [-0.1, -0.05) is 39.0 Å². The summed E-state index contributed by atoms with van der Waals surface area (Å²) in [6, 6.07) is 10.7. The molecule has 1 N–H and O–H groups in total. The zero-order valence-corrected chi connectivity index (χ0v) is 16.3. The Morgan fingerprint density at radius 3 is 2.62 bits per heavy atom. The fraction of sp³-hybridized carbons (Fsp3) is 0.571. The lowest BCUT2D eigenvalue weighted by Crippen LogP contribution is -2.54. The van der Waals surface area contributed by atoms with Gasteiger partial charge >= 0.3 is 0 Å². The molecule has 1 aliphatic heterocycles.